The Labute approximate surface area is 188 Å². The van der Waals surface area contributed by atoms with E-state index in [1.54, 1.807) is 4.31 Å². The van der Waals surface area contributed by atoms with Gasteiger partial charge in [0.15, 0.2) is 0 Å². The van der Waals surface area contributed by atoms with Crippen molar-refractivity contribution in [2.75, 3.05) is 28.6 Å². The maximum absolute atomic E-state index is 12.5. The molecule has 3 aromatic carbocycles. The first kappa shape index (κ1) is 20.6. The van der Waals surface area contributed by atoms with Gasteiger partial charge in [-0.05, 0) is 48.2 Å². The quantitative estimate of drug-likeness (QED) is 0.484. The molecule has 0 amide bonds. The number of aromatic amines is 1. The van der Waals surface area contributed by atoms with Crippen molar-refractivity contribution in [1.82, 2.24) is 9.97 Å². The van der Waals surface area contributed by atoms with E-state index < -0.39 is 10.0 Å². The highest BCUT2D eigenvalue weighted by Gasteiger charge is 2.31. The van der Waals surface area contributed by atoms with Crippen molar-refractivity contribution in [3.05, 3.63) is 78.9 Å². The van der Waals surface area contributed by atoms with Crippen molar-refractivity contribution in [3.8, 4) is 11.1 Å². The third-order valence-corrected chi connectivity index (χ3v) is 7.26. The molecule has 2 heterocycles. The number of imidazole rings is 1. The van der Waals surface area contributed by atoms with Crippen molar-refractivity contribution in [3.63, 3.8) is 0 Å². The van der Waals surface area contributed by atoms with Crippen LogP contribution in [-0.4, -0.2) is 43.8 Å². The Bertz CT molecular complexity index is 1310. The number of nitrogens with zero attached hydrogens (tertiary/aromatic N) is 3. The maximum Gasteiger partial charge on any atom is 0.232 e. The number of anilines is 2. The summed E-state index contributed by atoms with van der Waals surface area (Å²) in [5.41, 5.74) is 4.99. The van der Waals surface area contributed by atoms with Crippen molar-refractivity contribution >= 4 is 32.7 Å². The lowest BCUT2D eigenvalue weighted by Crippen LogP contribution is -2.47. The standard InChI is InChI=1S/C25H26N4O2S/c1-32(30,31)29(21-10-6-3-7-11-21)22-14-16-28(17-15-22)25-26-23-13-12-20(18-24(23)27-25)19-8-4-2-5-9-19/h2-13,18,22H,14-17H2,1H3,(H,26,27). The van der Waals surface area contributed by atoms with Gasteiger partial charge in [0.1, 0.15) is 0 Å². The smallest absolute Gasteiger partial charge is 0.232 e. The number of rotatable bonds is 5. The molecule has 0 aliphatic carbocycles. The summed E-state index contributed by atoms with van der Waals surface area (Å²) in [6, 6.07) is 25.9. The van der Waals surface area contributed by atoms with Gasteiger partial charge in [-0.15, -0.1) is 0 Å². The Kier molecular flexibility index (Phi) is 5.35. The minimum absolute atomic E-state index is 0.0577. The molecule has 4 aromatic rings. The summed E-state index contributed by atoms with van der Waals surface area (Å²) in [6.45, 7) is 1.49. The number of para-hydroxylation sites is 1. The molecule has 1 aromatic heterocycles. The molecular weight excluding hydrogens is 420 g/mol. The van der Waals surface area contributed by atoms with E-state index in [1.807, 2.05) is 54.6 Å². The molecule has 0 unspecified atom stereocenters. The molecule has 0 radical (unpaired) electrons. The van der Waals surface area contributed by atoms with Crippen molar-refractivity contribution in [1.29, 1.82) is 0 Å². The van der Waals surface area contributed by atoms with Gasteiger partial charge in [0.05, 0.1) is 23.0 Å². The zero-order chi connectivity index (χ0) is 22.1. The first-order valence-electron chi connectivity index (χ1n) is 10.8. The summed E-state index contributed by atoms with van der Waals surface area (Å²) in [6.07, 6.45) is 2.78. The van der Waals surface area contributed by atoms with Crippen LogP contribution in [0.2, 0.25) is 0 Å². The lowest BCUT2D eigenvalue weighted by atomic mass is 10.0. The molecule has 0 saturated carbocycles. The number of hydrogen-bond donors (Lipinski definition) is 1. The van der Waals surface area contributed by atoms with Crippen molar-refractivity contribution in [2.45, 2.75) is 18.9 Å². The fourth-order valence-corrected chi connectivity index (χ4v) is 5.77. The molecule has 1 N–H and O–H groups in total. The molecule has 164 valence electrons. The molecule has 0 bridgehead atoms. The number of aromatic nitrogens is 2. The van der Waals surface area contributed by atoms with Gasteiger partial charge < -0.3 is 9.88 Å². The van der Waals surface area contributed by atoms with E-state index in [1.165, 1.54) is 11.8 Å². The minimum Gasteiger partial charge on any atom is -0.342 e. The Morgan fingerprint density at radius 3 is 2.22 bits per heavy atom. The zero-order valence-electron chi connectivity index (χ0n) is 18.0. The first-order valence-corrected chi connectivity index (χ1v) is 12.7. The monoisotopic (exact) mass is 446 g/mol. The number of piperidine rings is 1. The minimum atomic E-state index is -3.36. The predicted molar refractivity (Wildman–Crippen MR) is 131 cm³/mol. The molecule has 6 nitrogen and oxygen atoms in total. The summed E-state index contributed by atoms with van der Waals surface area (Å²) >= 11 is 0. The van der Waals surface area contributed by atoms with Gasteiger partial charge in [0.2, 0.25) is 16.0 Å². The van der Waals surface area contributed by atoms with Gasteiger partial charge in [0, 0.05) is 19.1 Å². The van der Waals surface area contributed by atoms with Gasteiger partial charge in [-0.1, -0.05) is 54.6 Å². The largest absolute Gasteiger partial charge is 0.342 e. The van der Waals surface area contributed by atoms with Gasteiger partial charge >= 0.3 is 0 Å². The first-order chi connectivity index (χ1) is 15.5. The molecule has 1 aliphatic rings. The Balaban J connectivity index is 1.34. The van der Waals surface area contributed by atoms with Gasteiger partial charge in [-0.3, -0.25) is 4.31 Å². The second-order valence-electron chi connectivity index (χ2n) is 8.27. The van der Waals surface area contributed by atoms with E-state index in [-0.39, 0.29) is 6.04 Å². The third kappa shape index (κ3) is 4.08. The lowest BCUT2D eigenvalue weighted by Gasteiger charge is -2.38. The van der Waals surface area contributed by atoms with Crippen LogP contribution in [0.3, 0.4) is 0 Å². The average Bonchev–Trinajstić information content (AvgIpc) is 3.23. The molecule has 1 aliphatic heterocycles. The Morgan fingerprint density at radius 2 is 1.56 bits per heavy atom. The highest BCUT2D eigenvalue weighted by atomic mass is 32.2. The number of hydrogen-bond acceptors (Lipinski definition) is 4. The van der Waals surface area contributed by atoms with Crippen molar-refractivity contribution < 1.29 is 8.42 Å². The van der Waals surface area contributed by atoms with Gasteiger partial charge in [-0.25, -0.2) is 13.4 Å². The van der Waals surface area contributed by atoms with Crippen LogP contribution in [0.1, 0.15) is 12.8 Å². The van der Waals surface area contributed by atoms with E-state index >= 15 is 0 Å². The third-order valence-electron chi connectivity index (χ3n) is 6.04. The van der Waals surface area contributed by atoms with Crippen LogP contribution in [0.4, 0.5) is 11.6 Å². The summed E-state index contributed by atoms with van der Waals surface area (Å²) in [5, 5.41) is 0. The topological polar surface area (TPSA) is 69.3 Å². The average molecular weight is 447 g/mol. The molecular formula is C25H26N4O2S. The SMILES string of the molecule is CS(=O)(=O)N(c1ccccc1)C1CCN(c2nc3ccc(-c4ccccc4)cc3[nH]2)CC1. The van der Waals surface area contributed by atoms with Crippen LogP contribution in [0.5, 0.6) is 0 Å². The van der Waals surface area contributed by atoms with E-state index in [0.29, 0.717) is 0 Å². The van der Waals surface area contributed by atoms with Crippen LogP contribution in [0.15, 0.2) is 78.9 Å². The number of H-pyrrole nitrogens is 1. The molecule has 32 heavy (non-hydrogen) atoms. The predicted octanol–water partition coefficient (Wildman–Crippen LogP) is 4.66. The van der Waals surface area contributed by atoms with Crippen LogP contribution in [-0.2, 0) is 10.0 Å². The van der Waals surface area contributed by atoms with E-state index in [4.69, 9.17) is 4.98 Å². The Morgan fingerprint density at radius 1 is 0.906 bits per heavy atom. The van der Waals surface area contributed by atoms with E-state index in [9.17, 15) is 8.42 Å². The highest BCUT2D eigenvalue weighted by Crippen LogP contribution is 2.29. The highest BCUT2D eigenvalue weighted by molar-refractivity contribution is 7.92. The Hall–Kier alpha value is -3.32. The second kappa shape index (κ2) is 8.31. The summed E-state index contributed by atoms with van der Waals surface area (Å²) < 4.78 is 26.7. The fraction of sp³-hybridized carbons (Fsp3) is 0.240. The van der Waals surface area contributed by atoms with Crippen molar-refractivity contribution in [2.24, 2.45) is 0 Å². The summed E-state index contributed by atoms with van der Waals surface area (Å²) in [4.78, 5) is 10.5. The number of nitrogens with one attached hydrogen (secondary N) is 1. The summed E-state index contributed by atoms with van der Waals surface area (Å²) in [5.74, 6) is 0.842. The zero-order valence-corrected chi connectivity index (χ0v) is 18.8. The molecule has 0 spiro atoms. The molecule has 7 heteroatoms. The fourth-order valence-electron chi connectivity index (χ4n) is 4.52. The molecule has 5 rings (SSSR count). The van der Waals surface area contributed by atoms with Crippen LogP contribution >= 0.6 is 0 Å². The molecule has 1 saturated heterocycles. The molecule has 0 atom stereocenters. The number of sulfonamides is 1. The normalized spacial score (nSPS) is 15.2. The molecule has 1 fully saturated rings. The van der Waals surface area contributed by atoms with Gasteiger partial charge in [0.25, 0.3) is 0 Å². The van der Waals surface area contributed by atoms with Crippen LogP contribution in [0, 0.1) is 0 Å². The number of benzene rings is 3. The maximum atomic E-state index is 12.5. The number of fused-ring (bicyclic) bond motifs is 1. The van der Waals surface area contributed by atoms with Gasteiger partial charge in [-0.2, -0.15) is 0 Å². The second-order valence-corrected chi connectivity index (χ2v) is 10.1. The van der Waals surface area contributed by atoms with Crippen LogP contribution in [0.25, 0.3) is 22.2 Å². The van der Waals surface area contributed by atoms with E-state index in [2.05, 4.69) is 34.1 Å². The van der Waals surface area contributed by atoms with E-state index in [0.717, 1.165) is 54.2 Å². The lowest BCUT2D eigenvalue weighted by molar-refractivity contribution is 0.488. The summed E-state index contributed by atoms with van der Waals surface area (Å²) in [7, 11) is -3.36. The van der Waals surface area contributed by atoms with Crippen LogP contribution < -0.4 is 9.21 Å².